The summed E-state index contributed by atoms with van der Waals surface area (Å²) in [5.74, 6) is 1.18. The monoisotopic (exact) mass is 288 g/mol. The van der Waals surface area contributed by atoms with Crippen molar-refractivity contribution in [2.24, 2.45) is 0 Å². The number of benzene rings is 1. The van der Waals surface area contributed by atoms with E-state index in [2.05, 4.69) is 10.5 Å². The van der Waals surface area contributed by atoms with Crippen molar-refractivity contribution in [1.82, 2.24) is 10.5 Å². The van der Waals surface area contributed by atoms with E-state index < -0.39 is 0 Å². The fourth-order valence-corrected chi connectivity index (χ4v) is 2.20. The largest absolute Gasteiger partial charge is 0.497 e. The number of hydrogen-bond acceptors (Lipinski definition) is 4. The summed E-state index contributed by atoms with van der Waals surface area (Å²) in [5, 5.41) is 6.88. The number of aryl methyl sites for hydroxylation is 2. The SMILES string of the molecule is CCc1noc(C)c1C(=O)NC(C)c1ccc(OC)cc1. The number of hydrogen-bond donors (Lipinski definition) is 1. The van der Waals surface area contributed by atoms with Crippen LogP contribution in [0.25, 0.3) is 0 Å². The minimum atomic E-state index is -0.158. The van der Waals surface area contributed by atoms with Gasteiger partial charge in [0, 0.05) is 0 Å². The van der Waals surface area contributed by atoms with Crippen LogP contribution in [-0.4, -0.2) is 18.2 Å². The number of carbonyl (C=O) groups excluding carboxylic acids is 1. The molecule has 1 aromatic heterocycles. The maximum Gasteiger partial charge on any atom is 0.257 e. The van der Waals surface area contributed by atoms with Gasteiger partial charge < -0.3 is 14.6 Å². The van der Waals surface area contributed by atoms with Crippen LogP contribution in [0.5, 0.6) is 5.75 Å². The Labute approximate surface area is 124 Å². The number of rotatable bonds is 5. The van der Waals surface area contributed by atoms with Gasteiger partial charge in [-0.3, -0.25) is 4.79 Å². The number of ether oxygens (including phenoxy) is 1. The van der Waals surface area contributed by atoms with Gasteiger partial charge in [-0.15, -0.1) is 0 Å². The van der Waals surface area contributed by atoms with E-state index in [1.807, 2.05) is 38.1 Å². The molecule has 21 heavy (non-hydrogen) atoms. The van der Waals surface area contributed by atoms with Crippen molar-refractivity contribution in [2.75, 3.05) is 7.11 Å². The highest BCUT2D eigenvalue weighted by Crippen LogP contribution is 2.19. The van der Waals surface area contributed by atoms with Crippen molar-refractivity contribution in [3.63, 3.8) is 0 Å². The van der Waals surface area contributed by atoms with Gasteiger partial charge in [0.05, 0.1) is 18.8 Å². The van der Waals surface area contributed by atoms with E-state index in [4.69, 9.17) is 9.26 Å². The van der Waals surface area contributed by atoms with Gasteiger partial charge in [0.25, 0.3) is 5.91 Å². The molecule has 2 aromatic rings. The van der Waals surface area contributed by atoms with Crippen LogP contribution in [0.4, 0.5) is 0 Å². The molecule has 112 valence electrons. The number of nitrogens with zero attached hydrogens (tertiary/aromatic N) is 1. The Bertz CT molecular complexity index is 617. The lowest BCUT2D eigenvalue weighted by Crippen LogP contribution is -2.27. The highest BCUT2D eigenvalue weighted by molar-refractivity contribution is 5.96. The zero-order valence-electron chi connectivity index (χ0n) is 12.8. The second-order valence-corrected chi connectivity index (χ2v) is 4.88. The zero-order valence-corrected chi connectivity index (χ0v) is 12.8. The van der Waals surface area contributed by atoms with E-state index in [1.54, 1.807) is 14.0 Å². The molecule has 0 fully saturated rings. The van der Waals surface area contributed by atoms with Crippen LogP contribution in [0.3, 0.4) is 0 Å². The maximum absolute atomic E-state index is 12.4. The highest BCUT2D eigenvalue weighted by atomic mass is 16.5. The molecule has 0 aliphatic heterocycles. The van der Waals surface area contributed by atoms with Crippen LogP contribution in [0.15, 0.2) is 28.8 Å². The van der Waals surface area contributed by atoms with E-state index >= 15 is 0 Å². The standard InChI is InChI=1S/C16H20N2O3/c1-5-14-15(11(3)21-18-14)16(19)17-10(2)12-6-8-13(20-4)9-7-12/h6-10H,5H2,1-4H3,(H,17,19). The van der Waals surface area contributed by atoms with E-state index in [0.29, 0.717) is 23.4 Å². The molecule has 5 heteroatoms. The zero-order chi connectivity index (χ0) is 15.4. The molecule has 2 rings (SSSR count). The molecule has 0 aliphatic carbocycles. The van der Waals surface area contributed by atoms with Gasteiger partial charge >= 0.3 is 0 Å². The fourth-order valence-electron chi connectivity index (χ4n) is 2.20. The van der Waals surface area contributed by atoms with Gasteiger partial charge in [0.2, 0.25) is 0 Å². The van der Waals surface area contributed by atoms with E-state index in [9.17, 15) is 4.79 Å². The molecule has 0 saturated heterocycles. The van der Waals surface area contributed by atoms with Crippen molar-refractivity contribution < 1.29 is 14.1 Å². The van der Waals surface area contributed by atoms with E-state index in [-0.39, 0.29) is 11.9 Å². The Morgan fingerprint density at radius 1 is 1.38 bits per heavy atom. The summed E-state index contributed by atoms with van der Waals surface area (Å²) < 4.78 is 10.2. The van der Waals surface area contributed by atoms with Gasteiger partial charge in [0.15, 0.2) is 0 Å². The van der Waals surface area contributed by atoms with Crippen molar-refractivity contribution in [3.8, 4) is 5.75 Å². The van der Waals surface area contributed by atoms with Gasteiger partial charge in [-0.1, -0.05) is 24.2 Å². The molecule has 1 amide bonds. The Hall–Kier alpha value is -2.30. The topological polar surface area (TPSA) is 64.4 Å². The Morgan fingerprint density at radius 2 is 2.05 bits per heavy atom. The van der Waals surface area contributed by atoms with Crippen LogP contribution in [0, 0.1) is 6.92 Å². The Morgan fingerprint density at radius 3 is 2.62 bits per heavy atom. The molecule has 1 N–H and O–H groups in total. The third-order valence-electron chi connectivity index (χ3n) is 3.46. The summed E-state index contributed by atoms with van der Waals surface area (Å²) in [5.41, 5.74) is 2.24. The smallest absolute Gasteiger partial charge is 0.257 e. The number of methoxy groups -OCH3 is 1. The predicted octanol–water partition coefficient (Wildman–Crippen LogP) is 3.05. The molecule has 1 atom stereocenters. The van der Waals surface area contributed by atoms with Crippen LogP contribution in [-0.2, 0) is 6.42 Å². The minimum absolute atomic E-state index is 0.109. The van der Waals surface area contributed by atoms with Crippen molar-refractivity contribution >= 4 is 5.91 Å². The normalized spacial score (nSPS) is 12.0. The first-order valence-corrected chi connectivity index (χ1v) is 6.96. The lowest BCUT2D eigenvalue weighted by Gasteiger charge is -2.14. The summed E-state index contributed by atoms with van der Waals surface area (Å²) in [7, 11) is 1.63. The minimum Gasteiger partial charge on any atom is -0.497 e. The number of nitrogens with one attached hydrogen (secondary N) is 1. The average Bonchev–Trinajstić information content (AvgIpc) is 2.88. The van der Waals surface area contributed by atoms with Crippen LogP contribution >= 0.6 is 0 Å². The molecule has 0 saturated carbocycles. The van der Waals surface area contributed by atoms with Crippen LogP contribution < -0.4 is 10.1 Å². The van der Waals surface area contributed by atoms with E-state index in [0.717, 1.165) is 11.3 Å². The van der Waals surface area contributed by atoms with Crippen molar-refractivity contribution in [1.29, 1.82) is 0 Å². The summed E-state index contributed by atoms with van der Waals surface area (Å²) in [6.45, 7) is 5.63. The number of aromatic nitrogens is 1. The third kappa shape index (κ3) is 3.24. The summed E-state index contributed by atoms with van der Waals surface area (Å²) in [4.78, 5) is 12.4. The van der Waals surface area contributed by atoms with Gasteiger partial charge in [-0.05, 0) is 38.0 Å². The third-order valence-corrected chi connectivity index (χ3v) is 3.46. The summed E-state index contributed by atoms with van der Waals surface area (Å²) in [6.07, 6.45) is 0.664. The fraction of sp³-hybridized carbons (Fsp3) is 0.375. The summed E-state index contributed by atoms with van der Waals surface area (Å²) in [6, 6.07) is 7.51. The molecule has 0 bridgehead atoms. The first-order chi connectivity index (χ1) is 10.1. The molecule has 0 radical (unpaired) electrons. The highest BCUT2D eigenvalue weighted by Gasteiger charge is 2.20. The quantitative estimate of drug-likeness (QED) is 0.918. The molecular formula is C16H20N2O3. The molecule has 0 spiro atoms. The number of carbonyl (C=O) groups is 1. The van der Waals surface area contributed by atoms with Gasteiger partial charge in [-0.2, -0.15) is 0 Å². The second kappa shape index (κ2) is 6.43. The summed E-state index contributed by atoms with van der Waals surface area (Å²) >= 11 is 0. The average molecular weight is 288 g/mol. The number of amides is 1. The molecule has 1 heterocycles. The van der Waals surface area contributed by atoms with Gasteiger partial charge in [-0.25, -0.2) is 0 Å². The first-order valence-electron chi connectivity index (χ1n) is 6.96. The van der Waals surface area contributed by atoms with Crippen LogP contribution in [0.2, 0.25) is 0 Å². The molecular weight excluding hydrogens is 268 g/mol. The first kappa shape index (κ1) is 15.1. The molecule has 1 unspecified atom stereocenters. The molecule has 0 aliphatic rings. The van der Waals surface area contributed by atoms with E-state index in [1.165, 1.54) is 0 Å². The molecule has 1 aromatic carbocycles. The van der Waals surface area contributed by atoms with Crippen molar-refractivity contribution in [3.05, 3.63) is 46.8 Å². The van der Waals surface area contributed by atoms with Crippen molar-refractivity contribution in [2.45, 2.75) is 33.2 Å². The second-order valence-electron chi connectivity index (χ2n) is 4.88. The predicted molar refractivity (Wildman–Crippen MR) is 79.5 cm³/mol. The Balaban J connectivity index is 2.12. The maximum atomic E-state index is 12.4. The van der Waals surface area contributed by atoms with Crippen LogP contribution in [0.1, 0.15) is 47.3 Å². The Kier molecular flexibility index (Phi) is 4.62. The lowest BCUT2D eigenvalue weighted by atomic mass is 10.1. The molecule has 5 nitrogen and oxygen atoms in total. The lowest BCUT2D eigenvalue weighted by molar-refractivity contribution is 0.0937. The van der Waals surface area contributed by atoms with Gasteiger partial charge in [0.1, 0.15) is 17.1 Å².